The van der Waals surface area contributed by atoms with Crippen LogP contribution >= 0.6 is 11.6 Å². The van der Waals surface area contributed by atoms with Gasteiger partial charge in [0.25, 0.3) is 0 Å². The molecule has 136 valence electrons. The average Bonchev–Trinajstić information content (AvgIpc) is 2.69. The summed E-state index contributed by atoms with van der Waals surface area (Å²) in [7, 11) is 0. The Morgan fingerprint density at radius 3 is 2.11 bits per heavy atom. The Balaban J connectivity index is 1.49. The number of Topliss-reactive ketones (excluding diaryl/α,β-unsaturated/α-hetero) is 1. The van der Waals surface area contributed by atoms with Gasteiger partial charge in [-0.1, -0.05) is 23.7 Å². The van der Waals surface area contributed by atoms with Crippen LogP contribution in [0.15, 0.2) is 73.1 Å². The van der Waals surface area contributed by atoms with Gasteiger partial charge in [-0.3, -0.25) is 14.6 Å². The molecule has 27 heavy (non-hydrogen) atoms. The number of benzene rings is 2. The first-order valence-electron chi connectivity index (χ1n) is 8.66. The summed E-state index contributed by atoms with van der Waals surface area (Å²) in [6, 6.07) is 18.3. The minimum Gasteiger partial charge on any atom is -0.326 e. The van der Waals surface area contributed by atoms with E-state index in [1.165, 1.54) is 5.56 Å². The van der Waals surface area contributed by atoms with E-state index in [0.717, 1.165) is 17.7 Å². The van der Waals surface area contributed by atoms with Crippen molar-refractivity contribution in [3.05, 3.63) is 94.8 Å². The Hall–Kier alpha value is -2.98. The van der Waals surface area contributed by atoms with E-state index in [1.807, 2.05) is 36.4 Å². The number of ketones is 1. The summed E-state index contributed by atoms with van der Waals surface area (Å²) in [6.07, 6.45) is 4.66. The smallest absolute Gasteiger partial charge is 0.224 e. The lowest BCUT2D eigenvalue weighted by atomic mass is 10.1. The number of hydrogen-bond donors (Lipinski definition) is 1. The largest absolute Gasteiger partial charge is 0.326 e. The number of carbonyl (C=O) groups is 2. The number of amides is 1. The highest BCUT2D eigenvalue weighted by molar-refractivity contribution is 6.30. The monoisotopic (exact) mass is 378 g/mol. The Morgan fingerprint density at radius 2 is 1.44 bits per heavy atom. The van der Waals surface area contributed by atoms with Gasteiger partial charge < -0.3 is 5.32 Å². The molecule has 0 aliphatic heterocycles. The number of rotatable bonds is 7. The van der Waals surface area contributed by atoms with Crippen molar-refractivity contribution in [3.63, 3.8) is 0 Å². The van der Waals surface area contributed by atoms with E-state index in [9.17, 15) is 9.59 Å². The first-order valence-corrected chi connectivity index (χ1v) is 9.04. The normalized spacial score (nSPS) is 10.4. The zero-order chi connectivity index (χ0) is 19.1. The minimum atomic E-state index is -0.181. The second kappa shape index (κ2) is 9.10. The van der Waals surface area contributed by atoms with Crippen molar-refractivity contribution in [2.45, 2.75) is 19.3 Å². The molecule has 0 atom stereocenters. The van der Waals surface area contributed by atoms with Gasteiger partial charge in [-0.15, -0.1) is 0 Å². The molecule has 0 radical (unpaired) electrons. The zero-order valence-corrected chi connectivity index (χ0v) is 15.4. The van der Waals surface area contributed by atoms with Crippen molar-refractivity contribution in [1.82, 2.24) is 4.98 Å². The van der Waals surface area contributed by atoms with Gasteiger partial charge in [0.05, 0.1) is 0 Å². The predicted octanol–water partition coefficient (Wildman–Crippen LogP) is 4.93. The van der Waals surface area contributed by atoms with Crippen molar-refractivity contribution in [3.8, 4) is 0 Å². The van der Waals surface area contributed by atoms with Gasteiger partial charge in [-0.05, 0) is 66.1 Å². The van der Waals surface area contributed by atoms with Crippen molar-refractivity contribution < 1.29 is 9.59 Å². The Morgan fingerprint density at radius 1 is 0.815 bits per heavy atom. The van der Waals surface area contributed by atoms with Gasteiger partial charge in [0.15, 0.2) is 5.78 Å². The molecule has 5 heteroatoms. The molecule has 0 saturated heterocycles. The number of carbonyl (C=O) groups excluding carboxylic acids is 2. The molecular formula is C22H19ClN2O2. The van der Waals surface area contributed by atoms with E-state index < -0.39 is 0 Å². The van der Waals surface area contributed by atoms with Crippen molar-refractivity contribution in [1.29, 1.82) is 0 Å². The number of nitrogens with zero attached hydrogens (tertiary/aromatic N) is 1. The maximum absolute atomic E-state index is 12.1. The maximum atomic E-state index is 12.1. The number of anilines is 1. The number of aromatic nitrogens is 1. The lowest BCUT2D eigenvalue weighted by Gasteiger charge is -2.07. The molecule has 0 saturated carbocycles. The third-order valence-electron chi connectivity index (χ3n) is 4.14. The molecule has 2 aromatic carbocycles. The van der Waals surface area contributed by atoms with E-state index in [2.05, 4.69) is 10.3 Å². The fraction of sp³-hybridized carbons (Fsp3) is 0.136. The summed E-state index contributed by atoms with van der Waals surface area (Å²) in [4.78, 5) is 28.2. The molecule has 4 nitrogen and oxygen atoms in total. The van der Waals surface area contributed by atoms with Gasteiger partial charge in [0, 0.05) is 41.5 Å². The van der Waals surface area contributed by atoms with Gasteiger partial charge in [-0.2, -0.15) is 0 Å². The van der Waals surface area contributed by atoms with Crippen LogP contribution in [0, 0.1) is 0 Å². The van der Waals surface area contributed by atoms with Crippen LogP contribution in [0.4, 0.5) is 5.69 Å². The van der Waals surface area contributed by atoms with Crippen LogP contribution in [-0.4, -0.2) is 16.7 Å². The van der Waals surface area contributed by atoms with Crippen LogP contribution in [0.1, 0.15) is 34.3 Å². The van der Waals surface area contributed by atoms with Gasteiger partial charge >= 0.3 is 0 Å². The quantitative estimate of drug-likeness (QED) is 0.593. The standard InChI is InChI=1S/C22H19ClN2O2/c23-19-5-3-18(4-6-19)21(26)9-10-22(27)25-20-7-1-16(2-8-20)15-17-11-13-24-14-12-17/h1-8,11-14H,9-10,15H2,(H,25,27). The summed E-state index contributed by atoms with van der Waals surface area (Å²) in [5, 5.41) is 3.41. The summed E-state index contributed by atoms with van der Waals surface area (Å²) < 4.78 is 0. The fourth-order valence-electron chi connectivity index (χ4n) is 2.67. The molecule has 1 amide bonds. The lowest BCUT2D eigenvalue weighted by Crippen LogP contribution is -2.13. The Bertz CT molecular complexity index is 907. The van der Waals surface area contributed by atoms with Gasteiger partial charge in [0.1, 0.15) is 0 Å². The molecule has 1 heterocycles. The van der Waals surface area contributed by atoms with Gasteiger partial charge in [0.2, 0.25) is 5.91 Å². The predicted molar refractivity (Wildman–Crippen MR) is 107 cm³/mol. The van der Waals surface area contributed by atoms with Crippen LogP contribution in [-0.2, 0) is 11.2 Å². The highest BCUT2D eigenvalue weighted by Gasteiger charge is 2.09. The van der Waals surface area contributed by atoms with Crippen molar-refractivity contribution in [2.24, 2.45) is 0 Å². The molecule has 1 aromatic heterocycles. The van der Waals surface area contributed by atoms with E-state index in [-0.39, 0.29) is 24.5 Å². The SMILES string of the molecule is O=C(CCC(=O)c1ccc(Cl)cc1)Nc1ccc(Cc2ccncc2)cc1. The van der Waals surface area contributed by atoms with Crippen LogP contribution in [0.25, 0.3) is 0 Å². The third kappa shape index (κ3) is 5.76. The molecule has 0 aliphatic rings. The number of pyridine rings is 1. The first-order chi connectivity index (χ1) is 13.1. The van der Waals surface area contributed by atoms with Crippen LogP contribution in [0.5, 0.6) is 0 Å². The molecular weight excluding hydrogens is 360 g/mol. The molecule has 3 aromatic rings. The molecule has 0 aliphatic carbocycles. The van der Waals surface area contributed by atoms with Crippen LogP contribution in [0.2, 0.25) is 5.02 Å². The minimum absolute atomic E-state index is 0.0745. The first kappa shape index (κ1) is 18.8. The van der Waals surface area contributed by atoms with Crippen LogP contribution < -0.4 is 5.32 Å². The highest BCUT2D eigenvalue weighted by atomic mass is 35.5. The summed E-state index contributed by atoms with van der Waals surface area (Å²) >= 11 is 5.81. The molecule has 0 fully saturated rings. The zero-order valence-electron chi connectivity index (χ0n) is 14.7. The van der Waals surface area contributed by atoms with E-state index in [1.54, 1.807) is 36.7 Å². The molecule has 0 unspecified atom stereocenters. The average molecular weight is 379 g/mol. The maximum Gasteiger partial charge on any atom is 0.224 e. The fourth-order valence-corrected chi connectivity index (χ4v) is 2.80. The number of nitrogens with one attached hydrogen (secondary N) is 1. The molecule has 0 spiro atoms. The Kier molecular flexibility index (Phi) is 6.34. The summed E-state index contributed by atoms with van der Waals surface area (Å²) in [5.74, 6) is -0.256. The summed E-state index contributed by atoms with van der Waals surface area (Å²) in [6.45, 7) is 0. The van der Waals surface area contributed by atoms with E-state index >= 15 is 0 Å². The van der Waals surface area contributed by atoms with Gasteiger partial charge in [-0.25, -0.2) is 0 Å². The van der Waals surface area contributed by atoms with Crippen LogP contribution in [0.3, 0.4) is 0 Å². The molecule has 1 N–H and O–H groups in total. The lowest BCUT2D eigenvalue weighted by molar-refractivity contribution is -0.116. The van der Waals surface area contributed by atoms with E-state index in [4.69, 9.17) is 11.6 Å². The third-order valence-corrected chi connectivity index (χ3v) is 4.39. The topological polar surface area (TPSA) is 59.1 Å². The van der Waals surface area contributed by atoms with E-state index in [0.29, 0.717) is 10.6 Å². The number of halogens is 1. The second-order valence-electron chi connectivity index (χ2n) is 6.21. The second-order valence-corrected chi connectivity index (χ2v) is 6.64. The Labute approximate surface area is 163 Å². The molecule has 0 bridgehead atoms. The van der Waals surface area contributed by atoms with Crippen molar-refractivity contribution in [2.75, 3.05) is 5.32 Å². The molecule has 3 rings (SSSR count). The summed E-state index contributed by atoms with van der Waals surface area (Å²) in [5.41, 5.74) is 3.62. The highest BCUT2D eigenvalue weighted by Crippen LogP contribution is 2.15. The number of hydrogen-bond acceptors (Lipinski definition) is 3. The van der Waals surface area contributed by atoms with Crippen molar-refractivity contribution >= 4 is 29.0 Å².